The molecule has 1 nitrogen and oxygen atoms in total. The fraction of sp³-hybridized carbons (Fsp3) is 0.222. The molecule has 0 unspecified atom stereocenters. The van der Waals surface area contributed by atoms with Gasteiger partial charge in [0.15, 0.2) is 0 Å². The summed E-state index contributed by atoms with van der Waals surface area (Å²) in [5, 5.41) is 1.43. The number of rotatable bonds is 8. The Kier molecular flexibility index (Phi) is 6.72. The van der Waals surface area contributed by atoms with Gasteiger partial charge in [0, 0.05) is 34.7 Å². The van der Waals surface area contributed by atoms with E-state index in [4.69, 9.17) is 23.2 Å². The lowest BCUT2D eigenvalue weighted by molar-refractivity contribution is -0.119. The van der Waals surface area contributed by atoms with Gasteiger partial charge in [-0.1, -0.05) is 83.9 Å². The maximum Gasteiger partial charge on any atom is 0.133 e. The van der Waals surface area contributed by atoms with Gasteiger partial charge in [-0.05, 0) is 59.4 Å². The molecule has 2 aliphatic carbocycles. The molecule has 0 N–H and O–H groups in total. The summed E-state index contributed by atoms with van der Waals surface area (Å²) in [4.78, 5) is 12.7. The van der Waals surface area contributed by atoms with E-state index in [9.17, 15) is 4.79 Å². The molecule has 0 heterocycles. The summed E-state index contributed by atoms with van der Waals surface area (Å²) in [7, 11) is 0. The van der Waals surface area contributed by atoms with E-state index in [-0.39, 0.29) is 17.6 Å². The highest BCUT2D eigenvalue weighted by molar-refractivity contribution is 6.31. The quantitative estimate of drug-likeness (QED) is 0.418. The molecular weight excluding hydrogens is 411 g/mol. The Morgan fingerprint density at radius 2 is 1.07 bits per heavy atom. The summed E-state index contributed by atoms with van der Waals surface area (Å²) in [6, 6.07) is 12.0. The van der Waals surface area contributed by atoms with Crippen molar-refractivity contribution in [2.45, 2.75) is 37.5 Å². The third-order valence-electron chi connectivity index (χ3n) is 5.77. The summed E-state index contributed by atoms with van der Waals surface area (Å²) in [5.74, 6) is 0.810. The van der Waals surface area contributed by atoms with E-state index in [0.29, 0.717) is 35.7 Å². The monoisotopic (exact) mass is 434 g/mol. The van der Waals surface area contributed by atoms with Gasteiger partial charge in [-0.3, -0.25) is 4.79 Å². The molecule has 0 aliphatic heterocycles. The van der Waals surface area contributed by atoms with E-state index < -0.39 is 0 Å². The van der Waals surface area contributed by atoms with E-state index in [2.05, 4.69) is 60.7 Å². The average molecular weight is 435 g/mol. The molecule has 2 aromatic rings. The predicted octanol–water partition coefficient (Wildman–Crippen LogP) is 7.55. The molecule has 2 aromatic carbocycles. The predicted molar refractivity (Wildman–Crippen MR) is 127 cm³/mol. The van der Waals surface area contributed by atoms with E-state index in [1.165, 1.54) is 11.1 Å². The number of ketones is 1. The largest absolute Gasteiger partial charge is 0.300 e. The van der Waals surface area contributed by atoms with Crippen molar-refractivity contribution < 1.29 is 4.79 Å². The van der Waals surface area contributed by atoms with Crippen molar-refractivity contribution >= 4 is 29.0 Å². The number of halogens is 2. The zero-order valence-corrected chi connectivity index (χ0v) is 18.2. The Hall–Kier alpha value is -2.35. The number of hydrogen-bond acceptors (Lipinski definition) is 1. The van der Waals surface area contributed by atoms with Crippen LogP contribution in [0.3, 0.4) is 0 Å². The van der Waals surface area contributed by atoms with Crippen LogP contribution >= 0.6 is 23.2 Å². The van der Waals surface area contributed by atoms with Gasteiger partial charge in [-0.2, -0.15) is 0 Å². The van der Waals surface area contributed by atoms with Crippen molar-refractivity contribution in [2.24, 2.45) is 0 Å². The number of carbonyl (C=O) groups excluding carboxylic acids is 1. The topological polar surface area (TPSA) is 17.1 Å². The minimum atomic E-state index is 0.266. The number of Topliss-reactive ketones (excluding diaryl/α,β-unsaturated/α-hetero) is 1. The van der Waals surface area contributed by atoms with Crippen LogP contribution in [-0.2, 0) is 17.6 Å². The molecular formula is C27H24Cl2O. The van der Waals surface area contributed by atoms with E-state index in [0.717, 1.165) is 11.1 Å². The Bertz CT molecular complexity index is 951. The molecule has 0 radical (unpaired) electrons. The molecule has 3 heteroatoms. The fourth-order valence-corrected chi connectivity index (χ4v) is 4.57. The van der Waals surface area contributed by atoms with Crippen molar-refractivity contribution in [2.75, 3.05) is 0 Å². The van der Waals surface area contributed by atoms with Gasteiger partial charge >= 0.3 is 0 Å². The molecule has 0 fully saturated rings. The van der Waals surface area contributed by atoms with Crippen LogP contribution in [0, 0.1) is 0 Å². The summed E-state index contributed by atoms with van der Waals surface area (Å²) in [6.45, 7) is 0. The van der Waals surface area contributed by atoms with Crippen LogP contribution in [0.2, 0.25) is 10.0 Å². The van der Waals surface area contributed by atoms with Crippen LogP contribution in [0.25, 0.3) is 0 Å². The Morgan fingerprint density at radius 3 is 1.47 bits per heavy atom. The molecule has 0 spiro atoms. The van der Waals surface area contributed by atoms with E-state index in [1.54, 1.807) is 0 Å². The molecule has 0 amide bonds. The average Bonchev–Trinajstić information content (AvgIpc) is 3.45. The third-order valence-corrected chi connectivity index (χ3v) is 6.24. The second-order valence-electron chi connectivity index (χ2n) is 7.82. The Balaban J connectivity index is 1.40. The van der Waals surface area contributed by atoms with Crippen molar-refractivity contribution in [1.82, 2.24) is 0 Å². The number of benzene rings is 2. The molecule has 0 bridgehead atoms. The first-order chi connectivity index (χ1) is 14.6. The van der Waals surface area contributed by atoms with Gasteiger partial charge in [0.05, 0.1) is 0 Å². The maximum atomic E-state index is 12.7. The Morgan fingerprint density at radius 1 is 0.667 bits per heavy atom. The number of hydrogen-bond donors (Lipinski definition) is 0. The number of aryl methyl sites for hydroxylation is 2. The van der Waals surface area contributed by atoms with Crippen molar-refractivity contribution in [3.05, 3.63) is 117 Å². The maximum absolute atomic E-state index is 12.7. The minimum absolute atomic E-state index is 0.266. The zero-order chi connectivity index (χ0) is 20.9. The number of carbonyl (C=O) groups is 1. The van der Waals surface area contributed by atoms with E-state index in [1.807, 2.05) is 24.3 Å². The highest BCUT2D eigenvalue weighted by Gasteiger charge is 2.16. The van der Waals surface area contributed by atoms with Crippen LogP contribution in [0.5, 0.6) is 0 Å². The molecule has 152 valence electrons. The Labute approximate surface area is 188 Å². The number of allylic oxidation sites excluding steroid dienone is 8. The lowest BCUT2D eigenvalue weighted by Crippen LogP contribution is -2.06. The molecule has 2 aliphatic rings. The molecule has 0 aromatic heterocycles. The lowest BCUT2D eigenvalue weighted by atomic mass is 9.90. The van der Waals surface area contributed by atoms with Gasteiger partial charge in [-0.25, -0.2) is 0 Å². The van der Waals surface area contributed by atoms with Crippen LogP contribution in [0.15, 0.2) is 85.0 Å². The second kappa shape index (κ2) is 9.64. The van der Waals surface area contributed by atoms with Gasteiger partial charge in [0.2, 0.25) is 0 Å². The zero-order valence-electron chi connectivity index (χ0n) is 16.7. The first-order valence-electron chi connectivity index (χ1n) is 10.4. The third kappa shape index (κ3) is 5.03. The summed E-state index contributed by atoms with van der Waals surface area (Å²) in [5.41, 5.74) is 4.77. The highest BCUT2D eigenvalue weighted by atomic mass is 35.5. The van der Waals surface area contributed by atoms with Gasteiger partial charge < -0.3 is 0 Å². The van der Waals surface area contributed by atoms with Crippen LogP contribution < -0.4 is 0 Å². The second-order valence-corrected chi connectivity index (χ2v) is 8.69. The molecule has 4 rings (SSSR count). The van der Waals surface area contributed by atoms with Crippen LogP contribution in [0.4, 0.5) is 0 Å². The fourth-order valence-electron chi connectivity index (χ4n) is 4.18. The van der Waals surface area contributed by atoms with E-state index >= 15 is 0 Å². The van der Waals surface area contributed by atoms with Crippen LogP contribution in [-0.4, -0.2) is 5.78 Å². The smallest absolute Gasteiger partial charge is 0.133 e. The molecule has 30 heavy (non-hydrogen) atoms. The highest BCUT2D eigenvalue weighted by Crippen LogP contribution is 2.31. The standard InChI is InChI=1S/C27H24Cl2O/c28-23-11-15-26(19-5-1-2-6-19)21(17-23)9-13-25(30)14-10-22-18-24(29)12-16-27(22)20-7-3-4-8-20/h1-8,11-12,15-20H,9-10,13-14H2. The summed E-state index contributed by atoms with van der Waals surface area (Å²) < 4.78 is 0. The van der Waals surface area contributed by atoms with Gasteiger partial charge in [-0.15, -0.1) is 0 Å². The first kappa shape index (κ1) is 20.9. The molecule has 0 atom stereocenters. The van der Waals surface area contributed by atoms with Crippen molar-refractivity contribution in [3.8, 4) is 0 Å². The van der Waals surface area contributed by atoms with Gasteiger partial charge in [0.25, 0.3) is 0 Å². The van der Waals surface area contributed by atoms with Gasteiger partial charge in [0.1, 0.15) is 5.78 Å². The SMILES string of the molecule is O=C(CCc1cc(Cl)ccc1C1C=CC=C1)CCc1cc(Cl)ccc1C1C=CC=C1. The first-order valence-corrected chi connectivity index (χ1v) is 11.1. The van der Waals surface area contributed by atoms with Crippen molar-refractivity contribution in [3.63, 3.8) is 0 Å². The minimum Gasteiger partial charge on any atom is -0.300 e. The normalized spacial score (nSPS) is 15.5. The van der Waals surface area contributed by atoms with Crippen molar-refractivity contribution in [1.29, 1.82) is 0 Å². The lowest BCUT2D eigenvalue weighted by Gasteiger charge is -2.15. The molecule has 0 saturated heterocycles. The summed E-state index contributed by atoms with van der Waals surface area (Å²) >= 11 is 12.5. The van der Waals surface area contributed by atoms with Crippen LogP contribution in [0.1, 0.15) is 46.9 Å². The summed E-state index contributed by atoms with van der Waals surface area (Å²) in [6.07, 6.45) is 19.4. The molecule has 0 saturated carbocycles.